The Balaban J connectivity index is 1.95. The summed E-state index contributed by atoms with van der Waals surface area (Å²) in [4.78, 5) is 15.1. The fraction of sp³-hybridized carbons (Fsp3) is 0.333. The van der Waals surface area contributed by atoms with Crippen molar-refractivity contribution in [3.8, 4) is 0 Å². The minimum Gasteiger partial charge on any atom is -0.353 e. The zero-order valence-electron chi connectivity index (χ0n) is 11.0. The fourth-order valence-corrected chi connectivity index (χ4v) is 2.66. The van der Waals surface area contributed by atoms with E-state index in [-0.39, 0.29) is 0 Å². The predicted molar refractivity (Wildman–Crippen MR) is 75.3 cm³/mol. The van der Waals surface area contributed by atoms with Crippen molar-refractivity contribution in [2.75, 3.05) is 11.9 Å². The van der Waals surface area contributed by atoms with Crippen molar-refractivity contribution < 1.29 is 0 Å². The van der Waals surface area contributed by atoms with Crippen LogP contribution in [0.3, 0.4) is 0 Å². The highest BCUT2D eigenvalue weighted by molar-refractivity contribution is 7.09. The molecule has 6 nitrogen and oxygen atoms in total. The van der Waals surface area contributed by atoms with E-state index >= 15 is 0 Å². The van der Waals surface area contributed by atoms with Crippen LogP contribution in [-0.4, -0.2) is 31.8 Å². The van der Waals surface area contributed by atoms with Gasteiger partial charge in [0.1, 0.15) is 12.1 Å². The van der Waals surface area contributed by atoms with Gasteiger partial charge in [0.05, 0.1) is 28.8 Å². The van der Waals surface area contributed by atoms with Crippen LogP contribution in [0.1, 0.15) is 10.7 Å². The Bertz CT molecular complexity index is 716. The van der Waals surface area contributed by atoms with Gasteiger partial charge in [-0.2, -0.15) is 5.10 Å². The normalized spacial score (nSPS) is 11.1. The lowest BCUT2D eigenvalue weighted by Crippen LogP contribution is -2.18. The van der Waals surface area contributed by atoms with Crippen molar-refractivity contribution in [1.29, 1.82) is 0 Å². The summed E-state index contributed by atoms with van der Waals surface area (Å²) in [5.74, 6) is 0.878. The van der Waals surface area contributed by atoms with E-state index in [0.29, 0.717) is 0 Å². The van der Waals surface area contributed by atoms with Crippen LogP contribution in [0.2, 0.25) is 0 Å². The number of nitrogens with zero attached hydrogens (tertiary/aromatic N) is 6. The number of anilines is 1. The van der Waals surface area contributed by atoms with Crippen LogP contribution in [0.5, 0.6) is 0 Å². The first-order valence-corrected chi connectivity index (χ1v) is 6.78. The molecule has 0 fully saturated rings. The lowest BCUT2D eigenvalue weighted by Gasteiger charge is -2.17. The molecule has 0 amide bonds. The van der Waals surface area contributed by atoms with E-state index in [0.717, 1.165) is 34.1 Å². The molecule has 3 heterocycles. The zero-order valence-corrected chi connectivity index (χ0v) is 11.8. The van der Waals surface area contributed by atoms with Gasteiger partial charge < -0.3 is 4.90 Å². The summed E-state index contributed by atoms with van der Waals surface area (Å²) in [6.07, 6.45) is 3.37. The molecule has 0 N–H and O–H groups in total. The van der Waals surface area contributed by atoms with Crippen molar-refractivity contribution in [1.82, 2.24) is 24.7 Å². The maximum Gasteiger partial charge on any atom is 0.163 e. The Labute approximate surface area is 114 Å². The molecule has 7 heteroatoms. The molecular formula is C12H14N6S. The molecule has 0 atom stereocenters. The summed E-state index contributed by atoms with van der Waals surface area (Å²) in [5.41, 5.74) is 1.90. The highest BCUT2D eigenvalue weighted by Gasteiger charge is 2.12. The van der Waals surface area contributed by atoms with Gasteiger partial charge in [-0.25, -0.2) is 15.0 Å². The molecule has 0 unspecified atom stereocenters. The molecule has 98 valence electrons. The number of rotatable bonds is 3. The van der Waals surface area contributed by atoms with Crippen LogP contribution in [0.15, 0.2) is 17.9 Å². The van der Waals surface area contributed by atoms with E-state index in [1.165, 1.54) is 0 Å². The Hall–Kier alpha value is -2.02. The van der Waals surface area contributed by atoms with Crippen molar-refractivity contribution in [3.63, 3.8) is 0 Å². The van der Waals surface area contributed by atoms with E-state index in [2.05, 4.69) is 30.3 Å². The molecule has 0 radical (unpaired) electrons. The number of hydrogen-bond donors (Lipinski definition) is 0. The van der Waals surface area contributed by atoms with Crippen LogP contribution < -0.4 is 4.90 Å². The zero-order chi connectivity index (χ0) is 13.4. The first-order valence-electron chi connectivity index (χ1n) is 5.90. The van der Waals surface area contributed by atoms with Gasteiger partial charge in [0, 0.05) is 19.5 Å². The molecule has 0 saturated heterocycles. The standard InChI is InChI=1S/C12H14N6S/c1-8-16-9(6-19-8)5-17(2)11-10-4-15-18(3)12(10)14-7-13-11/h4,6-7H,5H2,1-3H3. The van der Waals surface area contributed by atoms with Gasteiger partial charge in [0.15, 0.2) is 5.65 Å². The lowest BCUT2D eigenvalue weighted by molar-refractivity contribution is 0.785. The van der Waals surface area contributed by atoms with Crippen LogP contribution in [0, 0.1) is 6.92 Å². The molecule has 0 saturated carbocycles. The molecule has 3 rings (SSSR count). The lowest BCUT2D eigenvalue weighted by atomic mass is 10.3. The highest BCUT2D eigenvalue weighted by atomic mass is 32.1. The van der Waals surface area contributed by atoms with E-state index in [4.69, 9.17) is 0 Å². The second-order valence-corrected chi connectivity index (χ2v) is 5.48. The fourth-order valence-electron chi connectivity index (χ4n) is 2.05. The smallest absolute Gasteiger partial charge is 0.163 e. The molecule has 19 heavy (non-hydrogen) atoms. The quantitative estimate of drug-likeness (QED) is 0.728. The average molecular weight is 274 g/mol. The van der Waals surface area contributed by atoms with Crippen LogP contribution in [-0.2, 0) is 13.6 Å². The van der Waals surface area contributed by atoms with E-state index in [1.54, 1.807) is 28.5 Å². The van der Waals surface area contributed by atoms with Gasteiger partial charge in [-0.3, -0.25) is 4.68 Å². The van der Waals surface area contributed by atoms with Crippen molar-refractivity contribution in [3.05, 3.63) is 28.6 Å². The van der Waals surface area contributed by atoms with Gasteiger partial charge in [-0.1, -0.05) is 0 Å². The number of fused-ring (bicyclic) bond motifs is 1. The largest absolute Gasteiger partial charge is 0.353 e. The average Bonchev–Trinajstić information content (AvgIpc) is 2.96. The van der Waals surface area contributed by atoms with E-state index in [9.17, 15) is 0 Å². The molecule has 0 aliphatic rings. The second-order valence-electron chi connectivity index (χ2n) is 4.42. The number of aromatic nitrogens is 5. The Kier molecular flexibility index (Phi) is 2.90. The third-order valence-corrected chi connectivity index (χ3v) is 3.76. The first-order chi connectivity index (χ1) is 9.15. The Morgan fingerprint density at radius 2 is 2.21 bits per heavy atom. The topological polar surface area (TPSA) is 59.7 Å². The van der Waals surface area contributed by atoms with Crippen LogP contribution in [0.4, 0.5) is 5.82 Å². The maximum atomic E-state index is 4.47. The number of aryl methyl sites for hydroxylation is 2. The number of thiazole rings is 1. The SMILES string of the molecule is Cc1nc(CN(C)c2ncnc3c2cnn3C)cs1. The minimum absolute atomic E-state index is 0.728. The monoisotopic (exact) mass is 274 g/mol. The molecular weight excluding hydrogens is 260 g/mol. The summed E-state index contributed by atoms with van der Waals surface area (Å²) in [7, 11) is 3.88. The van der Waals surface area contributed by atoms with Gasteiger partial charge in [0.25, 0.3) is 0 Å². The predicted octanol–water partition coefficient (Wildman–Crippen LogP) is 1.76. The van der Waals surface area contributed by atoms with E-state index in [1.807, 2.05) is 21.0 Å². The summed E-state index contributed by atoms with van der Waals surface area (Å²) >= 11 is 1.66. The molecule has 0 spiro atoms. The minimum atomic E-state index is 0.728. The van der Waals surface area contributed by atoms with Crippen LogP contribution in [0.25, 0.3) is 11.0 Å². The number of hydrogen-bond acceptors (Lipinski definition) is 6. The molecule has 0 bridgehead atoms. The van der Waals surface area contributed by atoms with Gasteiger partial charge >= 0.3 is 0 Å². The third kappa shape index (κ3) is 2.17. The summed E-state index contributed by atoms with van der Waals surface area (Å²) in [6.45, 7) is 2.74. The third-order valence-electron chi connectivity index (χ3n) is 2.94. The van der Waals surface area contributed by atoms with Gasteiger partial charge in [0.2, 0.25) is 0 Å². The highest BCUT2D eigenvalue weighted by Crippen LogP contribution is 2.22. The molecule has 3 aromatic rings. The molecule has 3 aromatic heterocycles. The molecule has 0 aromatic carbocycles. The maximum absolute atomic E-state index is 4.47. The Morgan fingerprint density at radius 3 is 2.95 bits per heavy atom. The van der Waals surface area contributed by atoms with Crippen LogP contribution >= 0.6 is 11.3 Å². The van der Waals surface area contributed by atoms with Crippen molar-refractivity contribution >= 4 is 28.2 Å². The van der Waals surface area contributed by atoms with Gasteiger partial charge in [-0.05, 0) is 6.92 Å². The summed E-state index contributed by atoms with van der Waals surface area (Å²) in [6, 6.07) is 0. The van der Waals surface area contributed by atoms with Crippen molar-refractivity contribution in [2.45, 2.75) is 13.5 Å². The molecule has 0 aliphatic carbocycles. The van der Waals surface area contributed by atoms with Gasteiger partial charge in [-0.15, -0.1) is 11.3 Å². The molecule has 0 aliphatic heterocycles. The summed E-state index contributed by atoms with van der Waals surface area (Å²) in [5, 5.41) is 8.34. The second kappa shape index (κ2) is 4.58. The van der Waals surface area contributed by atoms with Crippen molar-refractivity contribution in [2.24, 2.45) is 7.05 Å². The summed E-state index contributed by atoms with van der Waals surface area (Å²) < 4.78 is 1.75. The first kappa shape index (κ1) is 12.0. The Morgan fingerprint density at radius 1 is 1.37 bits per heavy atom. The van der Waals surface area contributed by atoms with E-state index < -0.39 is 0 Å².